The predicted octanol–water partition coefficient (Wildman–Crippen LogP) is 2.81. The lowest BCUT2D eigenvalue weighted by Gasteiger charge is -2.10. The minimum absolute atomic E-state index is 0.0104. The molecule has 0 aliphatic rings. The van der Waals surface area contributed by atoms with Crippen LogP contribution in [0.5, 0.6) is 0 Å². The van der Waals surface area contributed by atoms with Gasteiger partial charge < -0.3 is 10.1 Å². The number of carbonyl (C=O) groups excluding carboxylic acids is 2. The fourth-order valence-corrected chi connectivity index (χ4v) is 3.24. The first kappa shape index (κ1) is 20.4. The average molecular weight is 462 g/mol. The second kappa shape index (κ2) is 8.63. The van der Waals surface area contributed by atoms with Gasteiger partial charge in [0, 0.05) is 4.47 Å². The monoisotopic (exact) mass is 460 g/mol. The molecule has 138 valence electrons. The van der Waals surface area contributed by atoms with Crippen molar-refractivity contribution in [1.29, 1.82) is 0 Å². The number of hydrogen-bond donors (Lipinski definition) is 2. The van der Waals surface area contributed by atoms with Gasteiger partial charge in [0.1, 0.15) is 0 Å². The molecule has 0 unspecified atom stereocenters. The van der Waals surface area contributed by atoms with Crippen molar-refractivity contribution in [2.24, 2.45) is 0 Å². The SMILES string of the molecule is CNS(=O)(=O)c1ccc(Cl)c(C(=O)OCC(=O)Nc2ccccc2Br)c1. The van der Waals surface area contributed by atoms with Gasteiger partial charge in [-0.2, -0.15) is 0 Å². The first-order valence-electron chi connectivity index (χ1n) is 7.19. The Kier molecular flexibility index (Phi) is 6.76. The van der Waals surface area contributed by atoms with Crippen LogP contribution in [0.1, 0.15) is 10.4 Å². The Morgan fingerprint density at radius 1 is 1.19 bits per heavy atom. The van der Waals surface area contributed by atoms with Crippen LogP contribution in [0.3, 0.4) is 0 Å². The summed E-state index contributed by atoms with van der Waals surface area (Å²) in [5.74, 6) is -1.47. The molecule has 26 heavy (non-hydrogen) atoms. The lowest BCUT2D eigenvalue weighted by atomic mass is 10.2. The first-order valence-corrected chi connectivity index (χ1v) is 9.84. The summed E-state index contributed by atoms with van der Waals surface area (Å²) in [6.45, 7) is -0.556. The van der Waals surface area contributed by atoms with Crippen LogP contribution in [0, 0.1) is 0 Å². The summed E-state index contributed by atoms with van der Waals surface area (Å²) in [7, 11) is -2.50. The van der Waals surface area contributed by atoms with Crippen LogP contribution in [0.15, 0.2) is 51.8 Å². The van der Waals surface area contributed by atoms with Crippen molar-refractivity contribution >= 4 is 55.1 Å². The fourth-order valence-electron chi connectivity index (χ4n) is 1.90. The third-order valence-corrected chi connectivity index (χ3v) is 5.65. The number of nitrogens with one attached hydrogen (secondary N) is 2. The minimum atomic E-state index is -3.75. The summed E-state index contributed by atoms with van der Waals surface area (Å²) in [5.41, 5.74) is 0.366. The molecule has 0 aliphatic heterocycles. The largest absolute Gasteiger partial charge is 0.452 e. The topological polar surface area (TPSA) is 102 Å². The van der Waals surface area contributed by atoms with E-state index in [4.69, 9.17) is 16.3 Å². The number of carbonyl (C=O) groups is 2. The van der Waals surface area contributed by atoms with Crippen molar-refractivity contribution in [1.82, 2.24) is 4.72 Å². The molecule has 0 atom stereocenters. The Hall–Kier alpha value is -1.94. The van der Waals surface area contributed by atoms with E-state index in [1.165, 1.54) is 19.2 Å². The quantitative estimate of drug-likeness (QED) is 0.644. The van der Waals surface area contributed by atoms with Gasteiger partial charge in [-0.1, -0.05) is 23.7 Å². The van der Waals surface area contributed by atoms with Crippen molar-refractivity contribution in [3.63, 3.8) is 0 Å². The Morgan fingerprint density at radius 2 is 1.88 bits per heavy atom. The molecular formula is C16H14BrClN2O5S. The number of para-hydroxylation sites is 1. The number of halogens is 2. The molecule has 1 amide bonds. The van der Waals surface area contributed by atoms with E-state index in [0.717, 1.165) is 6.07 Å². The highest BCUT2D eigenvalue weighted by Gasteiger charge is 2.19. The van der Waals surface area contributed by atoms with E-state index in [2.05, 4.69) is 26.0 Å². The highest BCUT2D eigenvalue weighted by Crippen LogP contribution is 2.22. The van der Waals surface area contributed by atoms with Gasteiger partial charge in [-0.25, -0.2) is 17.9 Å². The molecule has 0 aromatic heterocycles. The van der Waals surface area contributed by atoms with Crippen LogP contribution in [0.25, 0.3) is 0 Å². The summed E-state index contributed by atoms with van der Waals surface area (Å²) in [5, 5.41) is 2.58. The van der Waals surface area contributed by atoms with Gasteiger partial charge in [0.15, 0.2) is 6.61 Å². The van der Waals surface area contributed by atoms with E-state index < -0.39 is 28.5 Å². The molecule has 2 aromatic rings. The molecule has 0 spiro atoms. The van der Waals surface area contributed by atoms with Crippen molar-refractivity contribution in [2.45, 2.75) is 4.90 Å². The Labute approximate surface area is 163 Å². The lowest BCUT2D eigenvalue weighted by Crippen LogP contribution is -2.22. The van der Waals surface area contributed by atoms with Crippen LogP contribution >= 0.6 is 27.5 Å². The molecule has 0 fully saturated rings. The van der Waals surface area contributed by atoms with Gasteiger partial charge >= 0.3 is 5.97 Å². The highest BCUT2D eigenvalue weighted by atomic mass is 79.9. The number of amides is 1. The number of anilines is 1. The van der Waals surface area contributed by atoms with Crippen molar-refractivity contribution in [3.05, 3.63) is 57.5 Å². The molecule has 2 aromatic carbocycles. The summed E-state index contributed by atoms with van der Waals surface area (Å²) in [4.78, 5) is 23.9. The van der Waals surface area contributed by atoms with Crippen molar-refractivity contribution in [2.75, 3.05) is 19.0 Å². The van der Waals surface area contributed by atoms with E-state index in [9.17, 15) is 18.0 Å². The molecular weight excluding hydrogens is 448 g/mol. The smallest absolute Gasteiger partial charge is 0.340 e. The number of hydrogen-bond acceptors (Lipinski definition) is 5. The minimum Gasteiger partial charge on any atom is -0.452 e. The fraction of sp³-hybridized carbons (Fsp3) is 0.125. The van der Waals surface area contributed by atoms with Crippen LogP contribution in [0.2, 0.25) is 5.02 Å². The number of benzene rings is 2. The van der Waals surface area contributed by atoms with Crippen LogP contribution in [0.4, 0.5) is 5.69 Å². The zero-order valence-electron chi connectivity index (χ0n) is 13.5. The van der Waals surface area contributed by atoms with Crippen molar-refractivity contribution < 1.29 is 22.7 Å². The zero-order valence-corrected chi connectivity index (χ0v) is 16.6. The van der Waals surface area contributed by atoms with Gasteiger partial charge in [-0.15, -0.1) is 0 Å². The van der Waals surface area contributed by atoms with Gasteiger partial charge in [0.2, 0.25) is 10.0 Å². The average Bonchev–Trinajstić information content (AvgIpc) is 2.62. The summed E-state index contributed by atoms with van der Waals surface area (Å²) < 4.78 is 31.4. The van der Waals surface area contributed by atoms with E-state index in [-0.39, 0.29) is 15.5 Å². The lowest BCUT2D eigenvalue weighted by molar-refractivity contribution is -0.119. The van der Waals surface area contributed by atoms with E-state index in [1.807, 2.05) is 0 Å². The molecule has 0 saturated heterocycles. The number of rotatable bonds is 6. The molecule has 2 rings (SSSR count). The van der Waals surface area contributed by atoms with Gasteiger partial charge in [-0.05, 0) is 53.3 Å². The molecule has 0 radical (unpaired) electrons. The van der Waals surface area contributed by atoms with Crippen LogP contribution < -0.4 is 10.0 Å². The van der Waals surface area contributed by atoms with Crippen molar-refractivity contribution in [3.8, 4) is 0 Å². The van der Waals surface area contributed by atoms with Crippen LogP contribution in [-0.4, -0.2) is 33.9 Å². The standard InChI is InChI=1S/C16H14BrClN2O5S/c1-19-26(23,24)10-6-7-13(18)11(8-10)16(22)25-9-15(21)20-14-5-3-2-4-12(14)17/h2-8,19H,9H2,1H3,(H,20,21). The Morgan fingerprint density at radius 3 is 2.54 bits per heavy atom. The summed E-state index contributed by atoms with van der Waals surface area (Å²) in [6, 6.07) is 10.5. The van der Waals surface area contributed by atoms with Crippen LogP contribution in [-0.2, 0) is 19.6 Å². The highest BCUT2D eigenvalue weighted by molar-refractivity contribution is 9.10. The molecule has 0 saturated carbocycles. The molecule has 0 aliphatic carbocycles. The van der Waals surface area contributed by atoms with Gasteiger partial charge in [0.25, 0.3) is 5.91 Å². The van der Waals surface area contributed by atoms with E-state index >= 15 is 0 Å². The normalized spacial score (nSPS) is 11.0. The van der Waals surface area contributed by atoms with E-state index in [1.54, 1.807) is 24.3 Å². The Balaban J connectivity index is 2.07. The third kappa shape index (κ3) is 5.04. The summed E-state index contributed by atoms with van der Waals surface area (Å²) in [6.07, 6.45) is 0. The molecule has 7 nitrogen and oxygen atoms in total. The molecule has 2 N–H and O–H groups in total. The maximum absolute atomic E-state index is 12.1. The Bertz CT molecular complexity index is 949. The maximum Gasteiger partial charge on any atom is 0.340 e. The molecule has 10 heteroatoms. The maximum atomic E-state index is 12.1. The molecule has 0 heterocycles. The third-order valence-electron chi connectivity index (χ3n) is 3.22. The first-order chi connectivity index (χ1) is 12.2. The number of esters is 1. The van der Waals surface area contributed by atoms with Gasteiger partial charge in [-0.3, -0.25) is 4.79 Å². The van der Waals surface area contributed by atoms with E-state index in [0.29, 0.717) is 10.2 Å². The number of sulfonamides is 1. The zero-order chi connectivity index (χ0) is 19.3. The molecule has 0 bridgehead atoms. The van der Waals surface area contributed by atoms with Gasteiger partial charge in [0.05, 0.1) is 21.2 Å². The summed E-state index contributed by atoms with van der Waals surface area (Å²) >= 11 is 9.21. The predicted molar refractivity (Wildman–Crippen MR) is 101 cm³/mol. The number of ether oxygens (including phenoxy) is 1. The second-order valence-corrected chi connectivity index (χ2v) is 8.10. The second-order valence-electron chi connectivity index (χ2n) is 4.95.